The van der Waals surface area contributed by atoms with E-state index in [0.29, 0.717) is 31.5 Å². The van der Waals surface area contributed by atoms with Crippen LogP contribution in [-0.2, 0) is 4.74 Å². The molecule has 1 saturated carbocycles. The van der Waals surface area contributed by atoms with Crippen molar-refractivity contribution in [2.45, 2.75) is 51.9 Å². The predicted molar refractivity (Wildman–Crippen MR) is 143 cm³/mol. The van der Waals surface area contributed by atoms with Crippen LogP contribution >= 0.6 is 0 Å². The highest BCUT2D eigenvalue weighted by Crippen LogP contribution is 2.44. The van der Waals surface area contributed by atoms with E-state index in [1.165, 1.54) is 49.3 Å². The Labute approximate surface area is 209 Å². The Morgan fingerprint density at radius 3 is 2.51 bits per heavy atom. The molecular weight excluding hydrogens is 428 g/mol. The summed E-state index contributed by atoms with van der Waals surface area (Å²) in [5, 5.41) is 2.42. The Kier molecular flexibility index (Phi) is 6.26. The monoisotopic (exact) mass is 462 g/mol. The fraction of sp³-hybridized carbons (Fsp3) is 0.394. The Bertz CT molecular complexity index is 1310. The van der Waals surface area contributed by atoms with Crippen LogP contribution in [0.15, 0.2) is 66.4 Å². The van der Waals surface area contributed by atoms with Crippen LogP contribution in [0.4, 0.5) is 0 Å². The molecule has 0 spiro atoms. The highest BCUT2D eigenvalue weighted by Gasteiger charge is 2.31. The third-order valence-electron chi connectivity index (χ3n) is 8.27. The van der Waals surface area contributed by atoms with Crippen molar-refractivity contribution in [3.63, 3.8) is 0 Å². The maximum absolute atomic E-state index is 6.75. The van der Waals surface area contributed by atoms with Crippen molar-refractivity contribution in [2.24, 2.45) is 17.8 Å². The highest BCUT2D eigenvalue weighted by molar-refractivity contribution is 6.02. The standard InChI is InChI=1S/C33H34O2/c1-2-8-23-15-17-24(18-16-23)27-21-34-30-14-7-11-25-9-3-5-12-28(25)32(30)33-29-13-6-4-10-26(29)19-20-31(33)35-22-27/h3-6,9-10,12-13,19-20,23-24,27H,2,8,14-18,21-22H2,1H3. The molecule has 178 valence electrons. The summed E-state index contributed by atoms with van der Waals surface area (Å²) in [6.45, 7) is 3.73. The fourth-order valence-corrected chi connectivity index (χ4v) is 6.38. The summed E-state index contributed by atoms with van der Waals surface area (Å²) in [4.78, 5) is 0. The summed E-state index contributed by atoms with van der Waals surface area (Å²) in [7, 11) is 0. The van der Waals surface area contributed by atoms with E-state index in [0.717, 1.165) is 39.7 Å². The number of fused-ring (bicyclic) bond motifs is 6. The molecule has 1 heterocycles. The van der Waals surface area contributed by atoms with Crippen LogP contribution in [0.1, 0.15) is 68.6 Å². The van der Waals surface area contributed by atoms with Gasteiger partial charge in [0.1, 0.15) is 11.5 Å². The van der Waals surface area contributed by atoms with Gasteiger partial charge in [0.2, 0.25) is 0 Å². The van der Waals surface area contributed by atoms with Gasteiger partial charge in [0.25, 0.3) is 0 Å². The Morgan fingerprint density at radius 1 is 0.829 bits per heavy atom. The topological polar surface area (TPSA) is 18.5 Å². The smallest absolute Gasteiger partial charge is 0.127 e. The average molecular weight is 463 g/mol. The Balaban J connectivity index is 1.44. The summed E-state index contributed by atoms with van der Waals surface area (Å²) in [6.07, 6.45) is 8.59. The lowest BCUT2D eigenvalue weighted by atomic mass is 9.75. The molecule has 2 aliphatic carbocycles. The molecule has 2 heteroatoms. The van der Waals surface area contributed by atoms with Crippen LogP contribution in [0.2, 0.25) is 0 Å². The first kappa shape index (κ1) is 22.3. The van der Waals surface area contributed by atoms with Crippen LogP contribution in [0, 0.1) is 29.6 Å². The first-order valence-corrected chi connectivity index (χ1v) is 13.4. The third-order valence-corrected chi connectivity index (χ3v) is 8.27. The molecule has 2 nitrogen and oxygen atoms in total. The molecule has 3 aromatic carbocycles. The predicted octanol–water partition coefficient (Wildman–Crippen LogP) is 7.99. The van der Waals surface area contributed by atoms with Gasteiger partial charge in [0.15, 0.2) is 0 Å². The van der Waals surface area contributed by atoms with Crippen LogP contribution in [-0.4, -0.2) is 13.2 Å². The van der Waals surface area contributed by atoms with E-state index >= 15 is 0 Å². The minimum absolute atomic E-state index is 0.398. The van der Waals surface area contributed by atoms with Gasteiger partial charge in [-0.15, -0.1) is 0 Å². The molecule has 0 bridgehead atoms. The fourth-order valence-electron chi connectivity index (χ4n) is 6.38. The van der Waals surface area contributed by atoms with Crippen LogP contribution in [0.5, 0.6) is 5.75 Å². The van der Waals surface area contributed by atoms with Gasteiger partial charge in [0, 0.05) is 28.2 Å². The first-order chi connectivity index (χ1) is 17.3. The molecule has 6 rings (SSSR count). The summed E-state index contributed by atoms with van der Waals surface area (Å²) in [6, 6.07) is 21.4. The number of benzene rings is 3. The Morgan fingerprint density at radius 2 is 1.63 bits per heavy atom. The second kappa shape index (κ2) is 9.82. The number of rotatable bonds is 3. The largest absolute Gasteiger partial charge is 0.496 e. The molecule has 0 N–H and O–H groups in total. The zero-order valence-electron chi connectivity index (χ0n) is 20.7. The van der Waals surface area contributed by atoms with Crippen molar-refractivity contribution >= 4 is 16.3 Å². The van der Waals surface area contributed by atoms with Crippen molar-refractivity contribution in [3.8, 4) is 17.6 Å². The second-order valence-corrected chi connectivity index (χ2v) is 10.4. The van der Waals surface area contributed by atoms with Crippen LogP contribution in [0.3, 0.4) is 0 Å². The molecule has 1 aliphatic heterocycles. The van der Waals surface area contributed by atoms with E-state index < -0.39 is 0 Å². The van der Waals surface area contributed by atoms with Gasteiger partial charge < -0.3 is 9.47 Å². The summed E-state index contributed by atoms with van der Waals surface area (Å²) >= 11 is 0. The first-order valence-electron chi connectivity index (χ1n) is 13.4. The number of ether oxygens (including phenoxy) is 2. The zero-order valence-corrected chi connectivity index (χ0v) is 20.7. The number of hydrogen-bond acceptors (Lipinski definition) is 2. The molecule has 3 aromatic rings. The lowest BCUT2D eigenvalue weighted by Gasteiger charge is -2.33. The van der Waals surface area contributed by atoms with Crippen molar-refractivity contribution in [1.29, 1.82) is 0 Å². The maximum atomic E-state index is 6.75. The molecule has 0 saturated heterocycles. The van der Waals surface area contributed by atoms with Gasteiger partial charge in [-0.3, -0.25) is 0 Å². The Hall–Kier alpha value is -3.18. The zero-order chi connectivity index (χ0) is 23.6. The van der Waals surface area contributed by atoms with Gasteiger partial charge in [-0.05, 0) is 47.6 Å². The number of hydrogen-bond donors (Lipinski definition) is 0. The quantitative estimate of drug-likeness (QED) is 0.367. The minimum atomic E-state index is 0.398. The van der Waals surface area contributed by atoms with Crippen LogP contribution < -0.4 is 4.74 Å². The van der Waals surface area contributed by atoms with E-state index in [9.17, 15) is 0 Å². The molecule has 1 atom stereocenters. The second-order valence-electron chi connectivity index (χ2n) is 10.4. The van der Waals surface area contributed by atoms with E-state index in [4.69, 9.17) is 9.47 Å². The third kappa shape index (κ3) is 4.34. The van der Waals surface area contributed by atoms with E-state index in [-0.39, 0.29) is 0 Å². The molecule has 1 unspecified atom stereocenters. The lowest BCUT2D eigenvalue weighted by molar-refractivity contribution is 0.0693. The molecule has 3 aliphatic rings. The maximum Gasteiger partial charge on any atom is 0.127 e. The lowest BCUT2D eigenvalue weighted by Crippen LogP contribution is -2.29. The van der Waals surface area contributed by atoms with E-state index in [1.54, 1.807) is 0 Å². The SMILES string of the molecule is CCCC1CCC(C2COC3=C(c4ccccc4C#CC3)c3c(ccc4ccccc34)OC2)CC1. The van der Waals surface area contributed by atoms with Crippen molar-refractivity contribution in [3.05, 3.63) is 83.1 Å². The van der Waals surface area contributed by atoms with Gasteiger partial charge >= 0.3 is 0 Å². The molecule has 1 fully saturated rings. The average Bonchev–Trinajstić information content (AvgIpc) is 3.03. The van der Waals surface area contributed by atoms with Crippen molar-refractivity contribution < 1.29 is 9.47 Å². The van der Waals surface area contributed by atoms with Gasteiger partial charge in [-0.2, -0.15) is 0 Å². The minimum Gasteiger partial charge on any atom is -0.496 e. The summed E-state index contributed by atoms with van der Waals surface area (Å²) in [5.74, 6) is 10.7. The molecule has 35 heavy (non-hydrogen) atoms. The van der Waals surface area contributed by atoms with Crippen molar-refractivity contribution in [1.82, 2.24) is 0 Å². The number of allylic oxidation sites excluding steroid dienone is 1. The molecule has 0 amide bonds. The van der Waals surface area contributed by atoms with Crippen molar-refractivity contribution in [2.75, 3.05) is 13.2 Å². The normalized spacial score (nSPS) is 23.6. The van der Waals surface area contributed by atoms with E-state index in [2.05, 4.69) is 79.4 Å². The molecular formula is C33H34O2. The summed E-state index contributed by atoms with van der Waals surface area (Å²) < 4.78 is 13.5. The molecule has 0 radical (unpaired) electrons. The summed E-state index contributed by atoms with van der Waals surface area (Å²) in [5.41, 5.74) is 4.48. The molecule has 0 aromatic heterocycles. The highest BCUT2D eigenvalue weighted by atomic mass is 16.5. The van der Waals surface area contributed by atoms with Gasteiger partial charge in [0.05, 0.1) is 19.6 Å². The van der Waals surface area contributed by atoms with E-state index in [1.807, 2.05) is 0 Å². The van der Waals surface area contributed by atoms with Crippen LogP contribution in [0.25, 0.3) is 16.3 Å². The van der Waals surface area contributed by atoms with Gasteiger partial charge in [-0.1, -0.05) is 93.0 Å². The van der Waals surface area contributed by atoms with Gasteiger partial charge in [-0.25, -0.2) is 0 Å².